The van der Waals surface area contributed by atoms with Crippen LogP contribution in [0.2, 0.25) is 0 Å². The number of hydrogen-bond donors (Lipinski definition) is 2. The number of hydrogen-bond acceptors (Lipinski definition) is 3. The van der Waals surface area contributed by atoms with E-state index in [1.54, 1.807) is 0 Å². The van der Waals surface area contributed by atoms with Crippen LogP contribution in [0, 0.1) is 0 Å². The molecule has 3 aromatic rings. The molecule has 3 aromatic carbocycles. The maximum Gasteiger partial charge on any atom is 0.126 e. The molecule has 0 spiro atoms. The monoisotopic (exact) mass is 373 g/mol. The molecule has 1 aliphatic heterocycles. The smallest absolute Gasteiger partial charge is 0.126 e. The summed E-state index contributed by atoms with van der Waals surface area (Å²) in [6, 6.07) is 28.6. The Balaban J connectivity index is 1.47. The van der Waals surface area contributed by atoms with Gasteiger partial charge in [0.05, 0.1) is 6.10 Å². The van der Waals surface area contributed by atoms with Crippen LogP contribution in [0.5, 0.6) is 5.75 Å². The molecular weight excluding hydrogens is 346 g/mol. The highest BCUT2D eigenvalue weighted by atomic mass is 16.5. The molecule has 4 rings (SSSR count). The molecule has 3 nitrogen and oxygen atoms in total. The van der Waals surface area contributed by atoms with Crippen molar-refractivity contribution in [2.45, 2.75) is 37.5 Å². The molecule has 3 heteroatoms. The summed E-state index contributed by atoms with van der Waals surface area (Å²) in [5.74, 6) is 0.775. The molecule has 1 heterocycles. The maximum atomic E-state index is 11.0. The van der Waals surface area contributed by atoms with Gasteiger partial charge in [-0.05, 0) is 36.6 Å². The van der Waals surface area contributed by atoms with Crippen LogP contribution in [0.25, 0.3) is 0 Å². The Morgan fingerprint density at radius 1 is 0.857 bits per heavy atom. The highest BCUT2D eigenvalue weighted by Crippen LogP contribution is 2.38. The molecule has 0 bridgehead atoms. The lowest BCUT2D eigenvalue weighted by atomic mass is 9.95. The van der Waals surface area contributed by atoms with Gasteiger partial charge in [0.15, 0.2) is 0 Å². The van der Waals surface area contributed by atoms with Crippen LogP contribution in [0.15, 0.2) is 84.9 Å². The van der Waals surface area contributed by atoms with Crippen molar-refractivity contribution in [3.05, 3.63) is 102 Å². The molecule has 0 aromatic heterocycles. The Bertz CT molecular complexity index is 866. The molecule has 2 N–H and O–H groups in total. The first kappa shape index (κ1) is 18.7. The second-order valence-corrected chi connectivity index (χ2v) is 7.39. The van der Waals surface area contributed by atoms with Crippen molar-refractivity contribution in [2.24, 2.45) is 0 Å². The van der Waals surface area contributed by atoms with E-state index >= 15 is 0 Å². The lowest BCUT2D eigenvalue weighted by Gasteiger charge is -2.24. The summed E-state index contributed by atoms with van der Waals surface area (Å²) in [4.78, 5) is 0. The number of aliphatic hydroxyl groups excluding tert-OH is 1. The minimum atomic E-state index is -0.582. The minimum Gasteiger partial charge on any atom is -0.485 e. The van der Waals surface area contributed by atoms with Gasteiger partial charge in [0.1, 0.15) is 11.9 Å². The van der Waals surface area contributed by atoms with Crippen LogP contribution >= 0.6 is 0 Å². The van der Waals surface area contributed by atoms with Crippen LogP contribution in [0.1, 0.15) is 41.7 Å². The number of nitrogens with one attached hydrogen (secondary N) is 1. The van der Waals surface area contributed by atoms with Crippen molar-refractivity contribution in [2.75, 3.05) is 6.54 Å². The second kappa shape index (κ2) is 9.05. The number of aliphatic hydroxyl groups is 1. The summed E-state index contributed by atoms with van der Waals surface area (Å²) in [6.07, 6.45) is 2.13. The third kappa shape index (κ3) is 4.44. The molecule has 1 aliphatic rings. The van der Waals surface area contributed by atoms with Crippen molar-refractivity contribution in [1.82, 2.24) is 5.32 Å². The van der Waals surface area contributed by atoms with Gasteiger partial charge in [-0.3, -0.25) is 0 Å². The lowest BCUT2D eigenvalue weighted by molar-refractivity contribution is 0.112. The van der Waals surface area contributed by atoms with Crippen LogP contribution in [0.3, 0.4) is 0 Å². The molecule has 0 fully saturated rings. The Morgan fingerprint density at radius 2 is 1.54 bits per heavy atom. The molecule has 0 saturated heterocycles. The molecule has 144 valence electrons. The first-order valence-electron chi connectivity index (χ1n) is 10.1. The quantitative estimate of drug-likeness (QED) is 0.608. The van der Waals surface area contributed by atoms with E-state index in [1.807, 2.05) is 48.5 Å². The number of para-hydroxylation sites is 1. The number of aryl methyl sites for hydroxylation is 1. The average Bonchev–Trinajstić information content (AvgIpc) is 2.90. The summed E-state index contributed by atoms with van der Waals surface area (Å²) >= 11 is 0. The second-order valence-electron chi connectivity index (χ2n) is 7.39. The summed E-state index contributed by atoms with van der Waals surface area (Å²) in [7, 11) is 0. The Hall–Kier alpha value is -2.62. The summed E-state index contributed by atoms with van der Waals surface area (Å²) < 4.78 is 6.32. The molecular formula is C25H27NO2. The summed E-state index contributed by atoms with van der Waals surface area (Å²) in [6.45, 7) is 0.861. The number of fused-ring (bicyclic) bond motifs is 1. The van der Waals surface area contributed by atoms with Crippen molar-refractivity contribution >= 4 is 0 Å². The standard InChI is InChI=1S/C25H27NO2/c27-25-21-15-7-8-16-23(21)28-24(20-13-5-2-6-14-20)18-22(25)26-17-9-12-19-10-3-1-4-11-19/h1-8,10-11,13-16,22,24-27H,9,12,17-18H2. The average molecular weight is 373 g/mol. The van der Waals surface area contributed by atoms with E-state index in [-0.39, 0.29) is 12.1 Å². The van der Waals surface area contributed by atoms with Gasteiger partial charge in [-0.25, -0.2) is 0 Å². The highest BCUT2D eigenvalue weighted by molar-refractivity contribution is 5.38. The lowest BCUT2D eigenvalue weighted by Crippen LogP contribution is -2.36. The van der Waals surface area contributed by atoms with Gasteiger partial charge in [0.2, 0.25) is 0 Å². The molecule has 0 saturated carbocycles. The van der Waals surface area contributed by atoms with E-state index in [9.17, 15) is 5.11 Å². The zero-order chi connectivity index (χ0) is 19.2. The fourth-order valence-electron chi connectivity index (χ4n) is 3.90. The third-order valence-electron chi connectivity index (χ3n) is 5.42. The molecule has 0 aliphatic carbocycles. The fourth-order valence-corrected chi connectivity index (χ4v) is 3.90. The van der Waals surface area contributed by atoms with Crippen molar-refractivity contribution in [3.8, 4) is 5.75 Å². The minimum absolute atomic E-state index is 0.0513. The van der Waals surface area contributed by atoms with Crippen molar-refractivity contribution in [3.63, 3.8) is 0 Å². The zero-order valence-corrected chi connectivity index (χ0v) is 16.0. The van der Waals surface area contributed by atoms with Crippen LogP contribution in [-0.2, 0) is 6.42 Å². The van der Waals surface area contributed by atoms with E-state index in [0.29, 0.717) is 0 Å². The number of ether oxygens (including phenoxy) is 1. The van der Waals surface area contributed by atoms with E-state index in [4.69, 9.17) is 4.74 Å². The van der Waals surface area contributed by atoms with Crippen LogP contribution in [0.4, 0.5) is 0 Å². The van der Waals surface area contributed by atoms with Gasteiger partial charge in [0.25, 0.3) is 0 Å². The maximum absolute atomic E-state index is 11.0. The normalized spacial score (nSPS) is 21.4. The number of rotatable bonds is 6. The van der Waals surface area contributed by atoms with Crippen LogP contribution < -0.4 is 10.1 Å². The predicted octanol–water partition coefficient (Wildman–Crippen LogP) is 4.83. The van der Waals surface area contributed by atoms with Gasteiger partial charge in [-0.15, -0.1) is 0 Å². The first-order valence-corrected chi connectivity index (χ1v) is 10.1. The van der Waals surface area contributed by atoms with Crippen molar-refractivity contribution in [1.29, 1.82) is 0 Å². The van der Waals surface area contributed by atoms with E-state index in [0.717, 1.165) is 42.7 Å². The Kier molecular flexibility index (Phi) is 6.05. The van der Waals surface area contributed by atoms with Crippen molar-refractivity contribution < 1.29 is 9.84 Å². The predicted molar refractivity (Wildman–Crippen MR) is 112 cm³/mol. The molecule has 0 amide bonds. The van der Waals surface area contributed by atoms with E-state index in [1.165, 1.54) is 5.56 Å². The van der Waals surface area contributed by atoms with Gasteiger partial charge >= 0.3 is 0 Å². The molecule has 28 heavy (non-hydrogen) atoms. The fraction of sp³-hybridized carbons (Fsp3) is 0.280. The van der Waals surface area contributed by atoms with Crippen LogP contribution in [-0.4, -0.2) is 17.7 Å². The molecule has 3 atom stereocenters. The summed E-state index contributed by atoms with van der Waals surface area (Å²) in [5, 5.41) is 14.6. The third-order valence-corrected chi connectivity index (χ3v) is 5.42. The Labute approximate surface area is 167 Å². The SMILES string of the molecule is OC1c2ccccc2OC(c2ccccc2)CC1NCCCc1ccccc1. The first-order chi connectivity index (χ1) is 13.8. The van der Waals surface area contributed by atoms with Gasteiger partial charge in [-0.1, -0.05) is 78.9 Å². The van der Waals surface area contributed by atoms with E-state index < -0.39 is 6.10 Å². The Morgan fingerprint density at radius 3 is 2.32 bits per heavy atom. The van der Waals surface area contributed by atoms with Gasteiger partial charge in [0, 0.05) is 18.0 Å². The zero-order valence-electron chi connectivity index (χ0n) is 16.0. The highest BCUT2D eigenvalue weighted by Gasteiger charge is 2.32. The largest absolute Gasteiger partial charge is 0.485 e. The van der Waals surface area contributed by atoms with Gasteiger partial charge in [-0.2, -0.15) is 0 Å². The molecule has 0 radical (unpaired) electrons. The van der Waals surface area contributed by atoms with E-state index in [2.05, 4.69) is 41.7 Å². The molecule has 3 unspecified atom stereocenters. The topological polar surface area (TPSA) is 41.5 Å². The van der Waals surface area contributed by atoms with Gasteiger partial charge < -0.3 is 15.2 Å². The summed E-state index contributed by atoms with van der Waals surface area (Å²) in [5.41, 5.74) is 3.35. The number of benzene rings is 3.